The zero-order valence-electron chi connectivity index (χ0n) is 16.3. The lowest BCUT2D eigenvalue weighted by molar-refractivity contribution is -0.140. The molecule has 0 bridgehead atoms. The van der Waals surface area contributed by atoms with E-state index in [9.17, 15) is 14.7 Å². The van der Waals surface area contributed by atoms with Crippen molar-refractivity contribution in [2.24, 2.45) is 0 Å². The molecular weight excluding hydrogens is 457 g/mol. The number of halogens is 2. The molecule has 2 aromatic carbocycles. The number of aliphatic hydroxyl groups excluding tert-OH is 1. The highest BCUT2D eigenvalue weighted by atomic mass is 35.5. The van der Waals surface area contributed by atoms with Gasteiger partial charge in [-0.25, -0.2) is 0 Å². The van der Waals surface area contributed by atoms with E-state index in [1.165, 1.54) is 35.5 Å². The molecule has 2 heterocycles. The van der Waals surface area contributed by atoms with Gasteiger partial charge in [0.05, 0.1) is 35.3 Å². The molecule has 158 valence electrons. The topological polar surface area (TPSA) is 66.8 Å². The molecule has 1 aromatic heterocycles. The van der Waals surface area contributed by atoms with Gasteiger partial charge in [0, 0.05) is 10.4 Å². The van der Waals surface area contributed by atoms with Crippen molar-refractivity contribution in [1.82, 2.24) is 4.90 Å². The van der Waals surface area contributed by atoms with E-state index in [1.54, 1.807) is 0 Å². The van der Waals surface area contributed by atoms with Gasteiger partial charge in [-0.1, -0.05) is 59.6 Å². The monoisotopic (exact) mass is 473 g/mol. The summed E-state index contributed by atoms with van der Waals surface area (Å²) in [6.07, 6.45) is 0. The van der Waals surface area contributed by atoms with E-state index < -0.39 is 17.7 Å². The van der Waals surface area contributed by atoms with Crippen LogP contribution in [-0.4, -0.2) is 28.8 Å². The fourth-order valence-corrected chi connectivity index (χ4v) is 4.99. The number of ketones is 1. The van der Waals surface area contributed by atoms with Crippen LogP contribution in [0.15, 0.2) is 65.6 Å². The Morgan fingerprint density at radius 1 is 1.10 bits per heavy atom. The number of hydrogen-bond donors (Lipinski definition) is 1. The molecule has 0 spiro atoms. The Kier molecular flexibility index (Phi) is 6.05. The third-order valence-electron chi connectivity index (χ3n) is 5.04. The molecule has 1 fully saturated rings. The van der Waals surface area contributed by atoms with E-state index in [4.69, 9.17) is 27.9 Å². The molecular formula is C23H17Cl2NO4S. The van der Waals surface area contributed by atoms with Crippen LogP contribution in [0.1, 0.15) is 22.0 Å². The molecule has 31 heavy (non-hydrogen) atoms. The summed E-state index contributed by atoms with van der Waals surface area (Å²) in [5, 5.41) is 13.4. The van der Waals surface area contributed by atoms with Crippen molar-refractivity contribution in [3.05, 3.63) is 91.6 Å². The molecule has 1 unspecified atom stereocenters. The number of carbonyl (C=O) groups excluding carboxylic acids is 2. The Morgan fingerprint density at radius 3 is 2.35 bits per heavy atom. The second-order valence-corrected chi connectivity index (χ2v) is 8.74. The summed E-state index contributed by atoms with van der Waals surface area (Å²) in [6.45, 7) is 0.253. The summed E-state index contributed by atoms with van der Waals surface area (Å²) in [6, 6.07) is 15.1. The maximum atomic E-state index is 13.0. The second-order valence-electron chi connectivity index (χ2n) is 6.89. The predicted molar refractivity (Wildman–Crippen MR) is 122 cm³/mol. The zero-order chi connectivity index (χ0) is 22.1. The Bertz CT molecular complexity index is 1150. The number of aliphatic hydroxyl groups is 1. The normalized spacial score (nSPS) is 17.9. The van der Waals surface area contributed by atoms with Crippen LogP contribution in [0.4, 0.5) is 0 Å². The molecule has 1 saturated heterocycles. The van der Waals surface area contributed by atoms with Gasteiger partial charge in [0.15, 0.2) is 5.75 Å². The molecule has 8 heteroatoms. The number of benzene rings is 2. The average Bonchev–Trinajstić information content (AvgIpc) is 3.36. The van der Waals surface area contributed by atoms with E-state index in [2.05, 4.69) is 0 Å². The van der Waals surface area contributed by atoms with Crippen LogP contribution < -0.4 is 4.74 Å². The minimum atomic E-state index is -0.758. The molecule has 0 radical (unpaired) electrons. The first-order valence-electron chi connectivity index (χ1n) is 9.31. The van der Waals surface area contributed by atoms with Crippen molar-refractivity contribution in [3.8, 4) is 5.75 Å². The van der Waals surface area contributed by atoms with Crippen LogP contribution in [-0.2, 0) is 16.1 Å². The first kappa shape index (κ1) is 21.4. The average molecular weight is 474 g/mol. The molecule has 5 nitrogen and oxygen atoms in total. The van der Waals surface area contributed by atoms with Gasteiger partial charge < -0.3 is 14.7 Å². The Morgan fingerprint density at radius 2 is 1.77 bits per heavy atom. The summed E-state index contributed by atoms with van der Waals surface area (Å²) in [5.41, 5.74) is 0.932. The third kappa shape index (κ3) is 3.94. The summed E-state index contributed by atoms with van der Waals surface area (Å²) < 4.78 is 5.15. The molecule has 1 atom stereocenters. The SMILES string of the molecule is COc1c(Cl)cc(/C(O)=C2\C(=O)C(=O)N(Cc3cccs3)C2c2ccccc2)cc1Cl. The maximum Gasteiger partial charge on any atom is 0.295 e. The van der Waals surface area contributed by atoms with Crippen LogP contribution >= 0.6 is 34.5 Å². The summed E-state index contributed by atoms with van der Waals surface area (Å²) in [4.78, 5) is 28.4. The number of ether oxygens (including phenoxy) is 1. The number of rotatable bonds is 5. The number of amides is 1. The number of nitrogens with zero attached hydrogens (tertiary/aromatic N) is 1. The highest BCUT2D eigenvalue weighted by Crippen LogP contribution is 2.42. The van der Waals surface area contributed by atoms with E-state index in [0.717, 1.165) is 4.88 Å². The number of hydrogen-bond acceptors (Lipinski definition) is 5. The van der Waals surface area contributed by atoms with Crippen LogP contribution in [0.2, 0.25) is 10.0 Å². The van der Waals surface area contributed by atoms with Gasteiger partial charge in [0.2, 0.25) is 0 Å². The Labute approximate surface area is 193 Å². The summed E-state index contributed by atoms with van der Waals surface area (Å²) >= 11 is 13.9. The fraction of sp³-hybridized carbons (Fsp3) is 0.130. The lowest BCUT2D eigenvalue weighted by atomic mass is 9.95. The van der Waals surface area contributed by atoms with Gasteiger partial charge in [0.1, 0.15) is 5.76 Å². The van der Waals surface area contributed by atoms with Crippen LogP contribution in [0.3, 0.4) is 0 Å². The van der Waals surface area contributed by atoms with Crippen LogP contribution in [0, 0.1) is 0 Å². The van der Waals surface area contributed by atoms with E-state index in [1.807, 2.05) is 47.8 Å². The maximum absolute atomic E-state index is 13.0. The van der Waals surface area contributed by atoms with E-state index in [0.29, 0.717) is 5.56 Å². The summed E-state index contributed by atoms with van der Waals surface area (Å²) in [5.74, 6) is -1.51. The number of Topliss-reactive ketones (excluding diaryl/α,β-unsaturated/α-hetero) is 1. The molecule has 3 aromatic rings. The lowest BCUT2D eigenvalue weighted by Crippen LogP contribution is -2.28. The van der Waals surface area contributed by atoms with Crippen molar-refractivity contribution in [2.75, 3.05) is 7.11 Å². The first-order chi connectivity index (χ1) is 14.9. The first-order valence-corrected chi connectivity index (χ1v) is 10.9. The molecule has 1 N–H and O–H groups in total. The van der Waals surface area contributed by atoms with E-state index >= 15 is 0 Å². The van der Waals surface area contributed by atoms with Gasteiger partial charge in [-0.3, -0.25) is 9.59 Å². The smallest absolute Gasteiger partial charge is 0.295 e. The number of likely N-dealkylation sites (tertiary alicyclic amines) is 1. The van der Waals surface area contributed by atoms with Gasteiger partial charge in [-0.2, -0.15) is 0 Å². The van der Waals surface area contributed by atoms with E-state index in [-0.39, 0.29) is 39.2 Å². The molecule has 1 amide bonds. The molecule has 0 saturated carbocycles. The number of carbonyl (C=O) groups is 2. The van der Waals surface area contributed by atoms with Crippen molar-refractivity contribution in [3.63, 3.8) is 0 Å². The lowest BCUT2D eigenvalue weighted by Gasteiger charge is -2.25. The minimum Gasteiger partial charge on any atom is -0.507 e. The minimum absolute atomic E-state index is 0.00921. The largest absolute Gasteiger partial charge is 0.507 e. The predicted octanol–water partition coefficient (Wildman–Crippen LogP) is 5.69. The molecule has 1 aliphatic heterocycles. The van der Waals surface area contributed by atoms with Crippen molar-refractivity contribution >= 4 is 52.0 Å². The summed E-state index contributed by atoms with van der Waals surface area (Å²) in [7, 11) is 1.43. The highest BCUT2D eigenvalue weighted by Gasteiger charge is 2.46. The van der Waals surface area contributed by atoms with Crippen LogP contribution in [0.25, 0.3) is 5.76 Å². The van der Waals surface area contributed by atoms with Gasteiger partial charge >= 0.3 is 0 Å². The highest BCUT2D eigenvalue weighted by molar-refractivity contribution is 7.09. The molecule has 1 aliphatic rings. The Hall–Kier alpha value is -2.80. The van der Waals surface area contributed by atoms with Crippen molar-refractivity contribution < 1.29 is 19.4 Å². The number of thiophene rings is 1. The van der Waals surface area contributed by atoms with Crippen molar-refractivity contribution in [1.29, 1.82) is 0 Å². The standard InChI is InChI=1S/C23H17Cl2NO4S/c1-30-22-16(24)10-14(11-17(22)25)20(27)18-19(13-6-3-2-4-7-13)26(23(29)21(18)28)12-15-8-5-9-31-15/h2-11,19,27H,12H2,1H3/b20-18+. The Balaban J connectivity index is 1.88. The fourth-order valence-electron chi connectivity index (χ4n) is 3.64. The van der Waals surface area contributed by atoms with Gasteiger partial charge in [-0.05, 0) is 29.1 Å². The van der Waals surface area contributed by atoms with Crippen LogP contribution in [0.5, 0.6) is 5.75 Å². The third-order valence-corrected chi connectivity index (χ3v) is 6.46. The molecule has 4 rings (SSSR count). The van der Waals surface area contributed by atoms with Gasteiger partial charge in [-0.15, -0.1) is 11.3 Å². The van der Waals surface area contributed by atoms with Crippen molar-refractivity contribution in [2.45, 2.75) is 12.6 Å². The molecule has 0 aliphatic carbocycles. The second kappa shape index (κ2) is 8.75. The number of methoxy groups -OCH3 is 1. The quantitative estimate of drug-likeness (QED) is 0.293. The van der Waals surface area contributed by atoms with Gasteiger partial charge in [0.25, 0.3) is 11.7 Å². The zero-order valence-corrected chi connectivity index (χ0v) is 18.7.